The number of nitrogens with zero attached hydrogens (tertiary/aromatic N) is 2. The first-order chi connectivity index (χ1) is 12.5. The Morgan fingerprint density at radius 3 is 2.85 bits per heavy atom. The van der Waals surface area contributed by atoms with Gasteiger partial charge in [-0.05, 0) is 24.5 Å². The Labute approximate surface area is 154 Å². The van der Waals surface area contributed by atoms with Gasteiger partial charge in [-0.3, -0.25) is 14.7 Å². The van der Waals surface area contributed by atoms with E-state index < -0.39 is 0 Å². The van der Waals surface area contributed by atoms with Crippen LogP contribution in [0, 0.1) is 12.8 Å². The van der Waals surface area contributed by atoms with Gasteiger partial charge >= 0.3 is 0 Å². The molecule has 0 aliphatic carbocycles. The molecule has 2 aromatic rings. The largest absolute Gasteiger partial charge is 0.350 e. The molecule has 0 fully saturated rings. The van der Waals surface area contributed by atoms with Gasteiger partial charge in [-0.1, -0.05) is 38.5 Å². The number of nitrogens with one attached hydrogen (secondary N) is 2. The molecule has 0 bridgehead atoms. The highest BCUT2D eigenvalue weighted by atomic mass is 16.2. The maximum absolute atomic E-state index is 12.9. The third-order valence-electron chi connectivity index (χ3n) is 5.12. The minimum atomic E-state index is -0.173. The van der Waals surface area contributed by atoms with Gasteiger partial charge in [0.1, 0.15) is 0 Å². The zero-order valence-corrected chi connectivity index (χ0v) is 15.6. The van der Waals surface area contributed by atoms with Gasteiger partial charge < -0.3 is 10.2 Å². The van der Waals surface area contributed by atoms with Gasteiger partial charge in [0.2, 0.25) is 0 Å². The van der Waals surface area contributed by atoms with Crippen LogP contribution in [-0.2, 0) is 13.0 Å². The fraction of sp³-hybridized carbons (Fsp3) is 0.450. The quantitative estimate of drug-likeness (QED) is 0.866. The molecular weight excluding hydrogens is 328 g/mol. The van der Waals surface area contributed by atoms with Gasteiger partial charge in [-0.25, -0.2) is 0 Å². The first-order valence-corrected chi connectivity index (χ1v) is 9.20. The second-order valence-electron chi connectivity index (χ2n) is 7.04. The zero-order chi connectivity index (χ0) is 18.7. The van der Waals surface area contributed by atoms with Gasteiger partial charge in [0.05, 0.1) is 6.54 Å². The van der Waals surface area contributed by atoms with E-state index in [0.29, 0.717) is 43.2 Å². The Morgan fingerprint density at radius 2 is 2.12 bits per heavy atom. The molecule has 1 aromatic heterocycles. The summed E-state index contributed by atoms with van der Waals surface area (Å²) in [6.45, 7) is 7.80. The average Bonchev–Trinajstić information content (AvgIpc) is 3.08. The van der Waals surface area contributed by atoms with Crippen molar-refractivity contribution in [2.75, 3.05) is 13.1 Å². The molecule has 0 saturated heterocycles. The normalized spacial score (nSPS) is 14.7. The third kappa shape index (κ3) is 3.64. The molecule has 0 radical (unpaired) electrons. The highest BCUT2D eigenvalue weighted by Gasteiger charge is 2.28. The second kappa shape index (κ2) is 7.72. The van der Waals surface area contributed by atoms with Crippen molar-refractivity contribution in [1.29, 1.82) is 0 Å². The summed E-state index contributed by atoms with van der Waals surface area (Å²) in [6, 6.07) is 7.59. The van der Waals surface area contributed by atoms with Gasteiger partial charge in [0.25, 0.3) is 11.8 Å². The highest BCUT2D eigenvalue weighted by molar-refractivity contribution is 5.97. The maximum atomic E-state index is 12.9. The van der Waals surface area contributed by atoms with E-state index in [2.05, 4.69) is 29.4 Å². The van der Waals surface area contributed by atoms with Crippen LogP contribution in [-0.4, -0.2) is 40.0 Å². The fourth-order valence-electron chi connectivity index (χ4n) is 3.13. The average molecular weight is 354 g/mol. The van der Waals surface area contributed by atoms with E-state index in [4.69, 9.17) is 0 Å². The Balaban J connectivity index is 1.76. The Hall–Kier alpha value is -2.63. The van der Waals surface area contributed by atoms with Gasteiger partial charge in [0, 0.05) is 36.3 Å². The van der Waals surface area contributed by atoms with Crippen molar-refractivity contribution < 1.29 is 9.59 Å². The molecular formula is C20H26N4O2. The van der Waals surface area contributed by atoms with Gasteiger partial charge in [-0.15, -0.1) is 0 Å². The van der Waals surface area contributed by atoms with Crippen molar-refractivity contribution in [1.82, 2.24) is 20.4 Å². The molecule has 0 spiro atoms. The van der Waals surface area contributed by atoms with Crippen LogP contribution in [0.1, 0.15) is 57.9 Å². The van der Waals surface area contributed by atoms with Crippen molar-refractivity contribution in [3.63, 3.8) is 0 Å². The van der Waals surface area contributed by atoms with E-state index >= 15 is 0 Å². The van der Waals surface area contributed by atoms with Crippen LogP contribution >= 0.6 is 0 Å². The van der Waals surface area contributed by atoms with Crippen LogP contribution in [0.25, 0.3) is 0 Å². The molecule has 2 heterocycles. The number of aromatic nitrogens is 2. The number of carbonyl (C=O) groups is 2. The van der Waals surface area contributed by atoms with Crippen molar-refractivity contribution in [2.24, 2.45) is 5.92 Å². The summed E-state index contributed by atoms with van der Waals surface area (Å²) in [5.41, 5.74) is 3.86. The Morgan fingerprint density at radius 1 is 1.35 bits per heavy atom. The zero-order valence-electron chi connectivity index (χ0n) is 15.6. The van der Waals surface area contributed by atoms with E-state index in [1.54, 1.807) is 4.90 Å². The Kier molecular flexibility index (Phi) is 5.40. The number of aryl methyl sites for hydroxylation is 1. The number of carbonyl (C=O) groups excluding carboxylic acids is 2. The molecule has 6 nitrogen and oxygen atoms in total. The smallest absolute Gasteiger partial charge is 0.272 e. The van der Waals surface area contributed by atoms with Crippen LogP contribution < -0.4 is 5.32 Å². The minimum absolute atomic E-state index is 0.000846. The first-order valence-electron chi connectivity index (χ1n) is 9.20. The van der Waals surface area contributed by atoms with Crippen LogP contribution in [0.15, 0.2) is 24.3 Å². The van der Waals surface area contributed by atoms with E-state index in [1.165, 1.54) is 0 Å². The number of amides is 2. The maximum Gasteiger partial charge on any atom is 0.272 e. The first kappa shape index (κ1) is 18.2. The van der Waals surface area contributed by atoms with Crippen LogP contribution in [0.2, 0.25) is 0 Å². The Bertz CT molecular complexity index is 812. The molecule has 26 heavy (non-hydrogen) atoms. The summed E-state index contributed by atoms with van der Waals surface area (Å²) >= 11 is 0. The lowest BCUT2D eigenvalue weighted by molar-refractivity contribution is 0.0730. The van der Waals surface area contributed by atoms with E-state index in [0.717, 1.165) is 23.2 Å². The number of aromatic amines is 1. The molecule has 1 aliphatic heterocycles. The molecule has 6 heteroatoms. The third-order valence-corrected chi connectivity index (χ3v) is 5.12. The molecule has 0 unspecified atom stereocenters. The molecule has 1 aromatic carbocycles. The lowest BCUT2D eigenvalue weighted by Gasteiger charge is -2.27. The van der Waals surface area contributed by atoms with E-state index in [9.17, 15) is 9.59 Å². The van der Waals surface area contributed by atoms with Crippen molar-refractivity contribution >= 4 is 11.8 Å². The van der Waals surface area contributed by atoms with Crippen molar-refractivity contribution in [3.8, 4) is 0 Å². The van der Waals surface area contributed by atoms with Crippen molar-refractivity contribution in [3.05, 3.63) is 52.3 Å². The molecule has 2 amide bonds. The van der Waals surface area contributed by atoms with E-state index in [1.807, 2.05) is 31.2 Å². The van der Waals surface area contributed by atoms with Crippen LogP contribution in [0.5, 0.6) is 0 Å². The molecule has 2 N–H and O–H groups in total. The summed E-state index contributed by atoms with van der Waals surface area (Å²) in [5.74, 6) is 0.252. The van der Waals surface area contributed by atoms with Crippen molar-refractivity contribution in [2.45, 2.75) is 40.2 Å². The highest BCUT2D eigenvalue weighted by Crippen LogP contribution is 2.23. The number of hydrogen-bond donors (Lipinski definition) is 2. The summed E-state index contributed by atoms with van der Waals surface area (Å²) < 4.78 is 0. The molecule has 1 aliphatic rings. The summed E-state index contributed by atoms with van der Waals surface area (Å²) in [5, 5.41) is 10.1. The molecule has 1 atom stereocenters. The van der Waals surface area contributed by atoms with E-state index in [-0.39, 0.29) is 11.8 Å². The standard InChI is InChI=1S/C20H26N4O2/c1-4-13(2)11-21-19(25)18-16-12-24(10-9-17(16)22-23-18)20(26)15-8-6-5-7-14(15)3/h5-8,13H,4,9-12H2,1-3H3,(H,21,25)(H,22,23)/t13-/m0/s1. The number of benzene rings is 1. The predicted molar refractivity (Wildman–Crippen MR) is 100.0 cm³/mol. The lowest BCUT2D eigenvalue weighted by Crippen LogP contribution is -2.37. The number of rotatable bonds is 5. The molecule has 138 valence electrons. The van der Waals surface area contributed by atoms with Gasteiger partial charge in [0.15, 0.2) is 5.69 Å². The number of fused-ring (bicyclic) bond motifs is 1. The summed E-state index contributed by atoms with van der Waals surface area (Å²) in [7, 11) is 0. The summed E-state index contributed by atoms with van der Waals surface area (Å²) in [6.07, 6.45) is 1.69. The number of hydrogen-bond acceptors (Lipinski definition) is 3. The lowest BCUT2D eigenvalue weighted by atomic mass is 10.0. The SMILES string of the molecule is CC[C@H](C)CNC(=O)c1n[nH]c2c1CN(C(=O)c1ccccc1C)CC2. The topological polar surface area (TPSA) is 78.1 Å². The molecule has 3 rings (SSSR count). The number of H-pyrrole nitrogens is 1. The predicted octanol–water partition coefficient (Wildman–Crippen LogP) is 2.69. The van der Waals surface area contributed by atoms with Crippen LogP contribution in [0.4, 0.5) is 0 Å². The fourth-order valence-corrected chi connectivity index (χ4v) is 3.13. The minimum Gasteiger partial charge on any atom is -0.350 e. The van der Waals surface area contributed by atoms with Gasteiger partial charge in [-0.2, -0.15) is 5.10 Å². The monoisotopic (exact) mass is 354 g/mol. The molecule has 0 saturated carbocycles. The second-order valence-corrected chi connectivity index (χ2v) is 7.04. The van der Waals surface area contributed by atoms with Crippen LogP contribution in [0.3, 0.4) is 0 Å². The summed E-state index contributed by atoms with van der Waals surface area (Å²) in [4.78, 5) is 27.2.